The molecular formula is C22H26N2O6. The molecule has 0 atom stereocenters. The van der Waals surface area contributed by atoms with Crippen molar-refractivity contribution >= 4 is 18.0 Å². The molecule has 30 heavy (non-hydrogen) atoms. The zero-order valence-corrected chi connectivity index (χ0v) is 17.6. The number of phenols is 1. The number of aryl methyl sites for hydroxylation is 3. The van der Waals surface area contributed by atoms with Crippen molar-refractivity contribution in [1.82, 2.24) is 9.97 Å². The molecule has 8 heteroatoms. The van der Waals surface area contributed by atoms with Crippen LogP contribution in [0.1, 0.15) is 41.2 Å². The molecule has 2 aromatic rings. The van der Waals surface area contributed by atoms with E-state index in [2.05, 4.69) is 9.97 Å². The van der Waals surface area contributed by atoms with Crippen molar-refractivity contribution < 1.29 is 28.9 Å². The summed E-state index contributed by atoms with van der Waals surface area (Å²) >= 11 is 0. The summed E-state index contributed by atoms with van der Waals surface area (Å²) in [6.45, 7) is 5.72. The minimum Gasteiger partial charge on any atom is -0.504 e. The lowest BCUT2D eigenvalue weighted by Crippen LogP contribution is -2.10. The van der Waals surface area contributed by atoms with Gasteiger partial charge in [0.25, 0.3) is 0 Å². The summed E-state index contributed by atoms with van der Waals surface area (Å²) in [4.78, 5) is 32.4. The van der Waals surface area contributed by atoms with E-state index in [1.165, 1.54) is 19.3 Å². The average Bonchev–Trinajstić information content (AvgIpc) is 2.72. The Kier molecular flexibility index (Phi) is 8.34. The number of hydrogen-bond donors (Lipinski definition) is 1. The van der Waals surface area contributed by atoms with E-state index in [-0.39, 0.29) is 25.4 Å². The second-order valence-corrected chi connectivity index (χ2v) is 6.62. The number of methoxy groups -OCH3 is 1. The van der Waals surface area contributed by atoms with Crippen molar-refractivity contribution in [3.05, 3.63) is 52.6 Å². The number of aromatic hydroxyl groups is 1. The molecule has 1 heterocycles. The Labute approximate surface area is 175 Å². The number of ether oxygens (including phenoxy) is 3. The number of aromatic nitrogens is 2. The third-order valence-electron chi connectivity index (χ3n) is 4.33. The highest BCUT2D eigenvalue weighted by atomic mass is 16.5. The molecule has 0 amide bonds. The van der Waals surface area contributed by atoms with Gasteiger partial charge in [0.2, 0.25) is 0 Å². The Morgan fingerprint density at radius 1 is 1.07 bits per heavy atom. The molecule has 1 aromatic carbocycles. The number of nitrogens with zero attached hydrogens (tertiary/aromatic N) is 2. The van der Waals surface area contributed by atoms with E-state index < -0.39 is 11.9 Å². The van der Waals surface area contributed by atoms with E-state index in [4.69, 9.17) is 14.2 Å². The van der Waals surface area contributed by atoms with Crippen molar-refractivity contribution in [2.75, 3.05) is 13.7 Å². The molecule has 1 aromatic heterocycles. The fourth-order valence-corrected chi connectivity index (χ4v) is 2.52. The summed E-state index contributed by atoms with van der Waals surface area (Å²) in [7, 11) is 1.44. The number of rotatable bonds is 9. The summed E-state index contributed by atoms with van der Waals surface area (Å²) in [6.07, 6.45) is 3.29. The molecule has 0 spiro atoms. The number of carbonyl (C=O) groups is 2. The largest absolute Gasteiger partial charge is 0.504 e. The number of carbonyl (C=O) groups excluding carboxylic acids is 2. The van der Waals surface area contributed by atoms with Gasteiger partial charge < -0.3 is 19.3 Å². The predicted octanol–water partition coefficient (Wildman–Crippen LogP) is 3.20. The van der Waals surface area contributed by atoms with Gasteiger partial charge in [-0.1, -0.05) is 6.07 Å². The fraction of sp³-hybridized carbons (Fsp3) is 0.364. The molecule has 0 aliphatic heterocycles. The molecule has 0 bridgehead atoms. The average molecular weight is 414 g/mol. The first-order valence-electron chi connectivity index (χ1n) is 9.48. The summed E-state index contributed by atoms with van der Waals surface area (Å²) in [5, 5.41) is 9.55. The van der Waals surface area contributed by atoms with Crippen LogP contribution in [0.15, 0.2) is 24.3 Å². The van der Waals surface area contributed by atoms with Crippen LogP contribution in [0, 0.1) is 20.8 Å². The maximum Gasteiger partial charge on any atom is 0.330 e. The Hall–Kier alpha value is -3.42. The quantitative estimate of drug-likeness (QED) is 0.379. The minimum atomic E-state index is -0.531. The second-order valence-electron chi connectivity index (χ2n) is 6.62. The van der Waals surface area contributed by atoms with Crippen LogP contribution in [0.25, 0.3) is 6.08 Å². The highest BCUT2D eigenvalue weighted by Gasteiger charge is 2.09. The molecular weight excluding hydrogens is 388 g/mol. The van der Waals surface area contributed by atoms with Crippen LogP contribution in [0.2, 0.25) is 0 Å². The SMILES string of the molecule is COc1cc(C=CC(=O)OCCCC(=O)OCc2nc(C)c(C)nc2C)ccc1O. The lowest BCUT2D eigenvalue weighted by Gasteiger charge is -2.09. The van der Waals surface area contributed by atoms with E-state index in [9.17, 15) is 14.7 Å². The van der Waals surface area contributed by atoms with Gasteiger partial charge in [-0.3, -0.25) is 14.8 Å². The van der Waals surface area contributed by atoms with Crippen LogP contribution >= 0.6 is 0 Å². The third kappa shape index (κ3) is 6.88. The van der Waals surface area contributed by atoms with Gasteiger partial charge in [0.05, 0.1) is 36.5 Å². The summed E-state index contributed by atoms with van der Waals surface area (Å²) < 4.78 is 15.3. The van der Waals surface area contributed by atoms with Gasteiger partial charge in [-0.15, -0.1) is 0 Å². The predicted molar refractivity (Wildman–Crippen MR) is 110 cm³/mol. The topological polar surface area (TPSA) is 108 Å². The van der Waals surface area contributed by atoms with E-state index in [0.29, 0.717) is 23.4 Å². The number of phenolic OH excluding ortho intramolecular Hbond substituents is 1. The number of hydrogen-bond acceptors (Lipinski definition) is 8. The summed E-state index contributed by atoms with van der Waals surface area (Å²) in [5.74, 6) is -0.594. The highest BCUT2D eigenvalue weighted by Crippen LogP contribution is 2.26. The first kappa shape index (κ1) is 22.9. The maximum atomic E-state index is 11.9. The molecule has 0 radical (unpaired) electrons. The lowest BCUT2D eigenvalue weighted by atomic mass is 10.2. The highest BCUT2D eigenvalue weighted by molar-refractivity contribution is 5.87. The van der Waals surface area contributed by atoms with Crippen LogP contribution in [0.3, 0.4) is 0 Å². The minimum absolute atomic E-state index is 0.0174. The van der Waals surface area contributed by atoms with E-state index in [0.717, 1.165) is 17.1 Å². The van der Waals surface area contributed by atoms with Gasteiger partial charge in [-0.2, -0.15) is 0 Å². The first-order valence-corrected chi connectivity index (χ1v) is 9.48. The summed E-state index contributed by atoms with van der Waals surface area (Å²) in [5.41, 5.74) is 3.70. The zero-order chi connectivity index (χ0) is 22.1. The number of benzene rings is 1. The summed E-state index contributed by atoms with van der Waals surface area (Å²) in [6, 6.07) is 4.70. The van der Waals surface area contributed by atoms with E-state index >= 15 is 0 Å². The van der Waals surface area contributed by atoms with Gasteiger partial charge in [-0.25, -0.2) is 4.79 Å². The van der Waals surface area contributed by atoms with E-state index in [1.54, 1.807) is 18.2 Å². The standard InChI is InChI=1S/C22H26N2O6/c1-14-15(2)24-18(16(3)23-14)13-30-21(26)6-5-11-29-22(27)10-8-17-7-9-19(25)20(12-17)28-4/h7-10,12,25H,5-6,11,13H2,1-4H3. The molecule has 1 N–H and O–H groups in total. The molecule has 8 nitrogen and oxygen atoms in total. The lowest BCUT2D eigenvalue weighted by molar-refractivity contribution is -0.146. The first-order chi connectivity index (χ1) is 14.3. The van der Waals surface area contributed by atoms with Crippen molar-refractivity contribution in [1.29, 1.82) is 0 Å². The van der Waals surface area contributed by atoms with Gasteiger partial charge in [0.1, 0.15) is 6.61 Å². The van der Waals surface area contributed by atoms with Crippen molar-refractivity contribution in [3.8, 4) is 11.5 Å². The van der Waals surface area contributed by atoms with Crippen LogP contribution < -0.4 is 4.74 Å². The Morgan fingerprint density at radius 2 is 1.80 bits per heavy atom. The molecule has 0 saturated heterocycles. The van der Waals surface area contributed by atoms with Crippen LogP contribution in [0.5, 0.6) is 11.5 Å². The van der Waals surface area contributed by atoms with Crippen molar-refractivity contribution in [2.45, 2.75) is 40.2 Å². The monoisotopic (exact) mass is 414 g/mol. The molecule has 0 unspecified atom stereocenters. The van der Waals surface area contributed by atoms with Gasteiger partial charge in [-0.05, 0) is 51.0 Å². The molecule has 160 valence electrons. The normalized spacial score (nSPS) is 10.8. The van der Waals surface area contributed by atoms with E-state index in [1.807, 2.05) is 20.8 Å². The molecule has 0 saturated carbocycles. The molecule has 0 aliphatic rings. The van der Waals surface area contributed by atoms with Crippen LogP contribution in [-0.2, 0) is 25.7 Å². The molecule has 0 aliphatic carbocycles. The van der Waals surface area contributed by atoms with Crippen molar-refractivity contribution in [2.24, 2.45) is 0 Å². The molecule has 2 rings (SSSR count). The molecule has 0 fully saturated rings. The van der Waals surface area contributed by atoms with Crippen LogP contribution in [0.4, 0.5) is 0 Å². The van der Waals surface area contributed by atoms with Crippen LogP contribution in [-0.4, -0.2) is 40.7 Å². The zero-order valence-electron chi connectivity index (χ0n) is 17.6. The van der Waals surface area contributed by atoms with Gasteiger partial charge in [0.15, 0.2) is 11.5 Å². The second kappa shape index (κ2) is 10.9. The Bertz CT molecular complexity index is 939. The van der Waals surface area contributed by atoms with Gasteiger partial charge >= 0.3 is 11.9 Å². The fourth-order valence-electron chi connectivity index (χ4n) is 2.52. The number of esters is 2. The smallest absolute Gasteiger partial charge is 0.330 e. The third-order valence-corrected chi connectivity index (χ3v) is 4.33. The maximum absolute atomic E-state index is 11.9. The van der Waals surface area contributed by atoms with Crippen molar-refractivity contribution in [3.63, 3.8) is 0 Å². The Balaban J connectivity index is 1.69. The van der Waals surface area contributed by atoms with Gasteiger partial charge in [0, 0.05) is 12.5 Å². The Morgan fingerprint density at radius 3 is 2.53 bits per heavy atom.